The van der Waals surface area contributed by atoms with Crippen molar-refractivity contribution in [2.24, 2.45) is 0 Å². The van der Waals surface area contributed by atoms with Crippen molar-refractivity contribution in [1.29, 1.82) is 0 Å². The van der Waals surface area contributed by atoms with Gasteiger partial charge in [0.05, 0.1) is 23.3 Å². The minimum atomic E-state index is -5.39. The van der Waals surface area contributed by atoms with Crippen LogP contribution in [0.15, 0.2) is 0 Å². The Bertz CT molecular complexity index is 695. The molecule has 0 fully saturated rings. The molecule has 0 saturated carbocycles. The highest BCUT2D eigenvalue weighted by atomic mass is 19.4. The van der Waals surface area contributed by atoms with Crippen molar-refractivity contribution in [3.8, 4) is 0 Å². The molecule has 0 N–H and O–H groups in total. The largest absolute Gasteiger partial charge is 0.459 e. The maximum absolute atomic E-state index is 13.4. The zero-order valence-electron chi connectivity index (χ0n) is 15.7. The third-order valence-corrected chi connectivity index (χ3v) is 3.29. The quantitative estimate of drug-likeness (QED) is 0.510. The Labute approximate surface area is 157 Å². The summed E-state index contributed by atoms with van der Waals surface area (Å²) in [6.07, 6.45) is -13.0. The van der Waals surface area contributed by atoms with Crippen LogP contribution in [0, 0.1) is 0 Å². The second-order valence-corrected chi connectivity index (χ2v) is 6.29. The molecule has 1 aromatic rings. The van der Waals surface area contributed by atoms with Gasteiger partial charge in [-0.05, 0) is 39.7 Å². The molecule has 0 amide bonds. The number of nitrogens with zero attached hydrogens (tertiary/aromatic N) is 1. The molecule has 0 radical (unpaired) electrons. The number of esters is 2. The minimum Gasteiger partial charge on any atom is -0.459 e. The molecule has 0 spiro atoms. The Hall–Kier alpha value is -2.33. The van der Waals surface area contributed by atoms with E-state index >= 15 is 0 Å². The summed E-state index contributed by atoms with van der Waals surface area (Å²) in [7, 11) is 0. The lowest BCUT2D eigenvalue weighted by molar-refractivity contribution is -0.151. The molecule has 0 atom stereocenters. The Kier molecular flexibility index (Phi) is 7.08. The van der Waals surface area contributed by atoms with Crippen LogP contribution in [0.5, 0.6) is 0 Å². The molecule has 1 rings (SSSR count). The van der Waals surface area contributed by atoms with Crippen molar-refractivity contribution >= 4 is 11.9 Å². The number of carbonyl (C=O) groups excluding carboxylic acids is 2. The lowest BCUT2D eigenvalue weighted by Gasteiger charge is -2.22. The standard InChI is InChI=1S/C17H19F6NO4/c1-6-9-10(14(25)27-7(2)3)12(16(18,19)20)24-13(17(21,22)23)11(9)15(26)28-8(4)5/h7-8H,6H2,1-5H3. The molecule has 158 valence electrons. The Balaban J connectivity index is 4.02. The van der Waals surface area contributed by atoms with E-state index in [1.54, 1.807) is 0 Å². The Morgan fingerprint density at radius 2 is 1.14 bits per heavy atom. The maximum atomic E-state index is 13.4. The molecule has 28 heavy (non-hydrogen) atoms. The number of ether oxygens (including phenoxy) is 2. The Morgan fingerprint density at radius 3 is 1.36 bits per heavy atom. The van der Waals surface area contributed by atoms with E-state index in [-0.39, 0.29) is 0 Å². The molecule has 0 aromatic carbocycles. The Morgan fingerprint density at radius 1 is 0.821 bits per heavy atom. The van der Waals surface area contributed by atoms with Crippen molar-refractivity contribution in [1.82, 2.24) is 4.98 Å². The molecule has 5 nitrogen and oxygen atoms in total. The second-order valence-electron chi connectivity index (χ2n) is 6.29. The average molecular weight is 415 g/mol. The number of alkyl halides is 6. The van der Waals surface area contributed by atoms with Gasteiger partial charge in [-0.25, -0.2) is 14.6 Å². The van der Waals surface area contributed by atoms with Gasteiger partial charge >= 0.3 is 24.3 Å². The fourth-order valence-corrected chi connectivity index (χ4v) is 2.38. The molecule has 0 aliphatic carbocycles. The normalized spacial score (nSPS) is 12.5. The van der Waals surface area contributed by atoms with Crippen molar-refractivity contribution < 1.29 is 45.4 Å². The molecule has 0 aliphatic rings. The summed E-state index contributed by atoms with van der Waals surface area (Å²) in [4.78, 5) is 27.2. The minimum absolute atomic E-state index is 0.500. The van der Waals surface area contributed by atoms with Crippen molar-refractivity contribution in [2.45, 2.75) is 65.6 Å². The topological polar surface area (TPSA) is 65.5 Å². The molecule has 1 heterocycles. The molecule has 1 aromatic heterocycles. The number of carbonyl (C=O) groups is 2. The highest BCUT2D eigenvalue weighted by Gasteiger charge is 2.47. The monoisotopic (exact) mass is 415 g/mol. The lowest BCUT2D eigenvalue weighted by atomic mass is 9.95. The van der Waals surface area contributed by atoms with E-state index in [9.17, 15) is 35.9 Å². The summed E-state index contributed by atoms with van der Waals surface area (Å²) < 4.78 is 90.0. The van der Waals surface area contributed by atoms with Crippen LogP contribution in [0.2, 0.25) is 0 Å². The number of hydrogen-bond acceptors (Lipinski definition) is 5. The van der Waals surface area contributed by atoms with Crippen LogP contribution < -0.4 is 0 Å². The highest BCUT2D eigenvalue weighted by molar-refractivity contribution is 6.00. The van der Waals surface area contributed by atoms with Gasteiger partial charge in [-0.1, -0.05) is 6.92 Å². The third-order valence-electron chi connectivity index (χ3n) is 3.29. The molecular weight excluding hydrogens is 396 g/mol. The van der Waals surface area contributed by atoms with Crippen LogP contribution in [0.25, 0.3) is 0 Å². The van der Waals surface area contributed by atoms with Crippen LogP contribution in [0.3, 0.4) is 0 Å². The van der Waals surface area contributed by atoms with Crippen molar-refractivity contribution in [3.63, 3.8) is 0 Å². The number of pyridine rings is 1. The third kappa shape index (κ3) is 5.35. The molecule has 0 unspecified atom stereocenters. The summed E-state index contributed by atoms with van der Waals surface area (Å²) in [5, 5.41) is 0. The number of hydrogen-bond donors (Lipinski definition) is 0. The maximum Gasteiger partial charge on any atom is 0.434 e. The summed E-state index contributed by atoms with van der Waals surface area (Å²) in [6.45, 7) is 6.60. The molecule has 0 aliphatic heterocycles. The van der Waals surface area contributed by atoms with Gasteiger partial charge in [0, 0.05) is 0 Å². The number of halogens is 6. The SMILES string of the molecule is CCc1c(C(=O)OC(C)C)c(C(F)(F)F)nc(C(F)(F)F)c1C(=O)OC(C)C. The smallest absolute Gasteiger partial charge is 0.434 e. The van der Waals surface area contributed by atoms with Gasteiger partial charge in [-0.3, -0.25) is 0 Å². The first kappa shape index (κ1) is 23.7. The summed E-state index contributed by atoms with van der Waals surface area (Å²) >= 11 is 0. The van der Waals surface area contributed by atoms with E-state index in [0.29, 0.717) is 0 Å². The van der Waals surface area contributed by atoms with Crippen LogP contribution in [-0.2, 0) is 28.2 Å². The number of rotatable bonds is 5. The highest BCUT2D eigenvalue weighted by Crippen LogP contribution is 2.40. The van der Waals surface area contributed by atoms with Gasteiger partial charge in [0.1, 0.15) is 0 Å². The fourth-order valence-electron chi connectivity index (χ4n) is 2.38. The lowest BCUT2D eigenvalue weighted by Crippen LogP contribution is -2.29. The predicted molar refractivity (Wildman–Crippen MR) is 84.7 cm³/mol. The summed E-state index contributed by atoms with van der Waals surface area (Å²) in [5.74, 6) is -3.06. The summed E-state index contributed by atoms with van der Waals surface area (Å²) in [6, 6.07) is 0. The first-order valence-electron chi connectivity index (χ1n) is 8.24. The predicted octanol–water partition coefficient (Wildman–Crippen LogP) is 4.81. The van der Waals surface area contributed by atoms with Crippen molar-refractivity contribution in [2.75, 3.05) is 0 Å². The zero-order chi connectivity index (χ0) is 22.0. The van der Waals surface area contributed by atoms with E-state index < -0.39 is 71.0 Å². The zero-order valence-corrected chi connectivity index (χ0v) is 15.7. The van der Waals surface area contributed by atoms with Gasteiger partial charge in [0.15, 0.2) is 11.4 Å². The molecule has 0 bridgehead atoms. The van der Waals surface area contributed by atoms with E-state index in [1.165, 1.54) is 34.6 Å². The molecule has 11 heteroatoms. The van der Waals surface area contributed by atoms with Gasteiger partial charge in [-0.15, -0.1) is 0 Å². The van der Waals surface area contributed by atoms with Gasteiger partial charge in [0.25, 0.3) is 0 Å². The second kappa shape index (κ2) is 8.36. The van der Waals surface area contributed by atoms with Gasteiger partial charge in [-0.2, -0.15) is 26.3 Å². The molecular formula is C17H19F6NO4. The first-order valence-corrected chi connectivity index (χ1v) is 8.24. The van der Waals surface area contributed by atoms with Gasteiger partial charge in [0.2, 0.25) is 0 Å². The number of aromatic nitrogens is 1. The van der Waals surface area contributed by atoms with Gasteiger partial charge < -0.3 is 9.47 Å². The van der Waals surface area contributed by atoms with E-state index in [1.807, 2.05) is 0 Å². The van der Waals surface area contributed by atoms with Crippen LogP contribution >= 0.6 is 0 Å². The first-order chi connectivity index (χ1) is 12.6. The van der Waals surface area contributed by atoms with E-state index in [2.05, 4.69) is 4.98 Å². The van der Waals surface area contributed by atoms with E-state index in [4.69, 9.17) is 9.47 Å². The van der Waals surface area contributed by atoms with Crippen LogP contribution in [0.1, 0.15) is 72.3 Å². The van der Waals surface area contributed by atoms with Crippen LogP contribution in [-0.4, -0.2) is 29.1 Å². The molecule has 0 saturated heterocycles. The average Bonchev–Trinajstić information content (AvgIpc) is 2.49. The fraction of sp³-hybridized carbons (Fsp3) is 0.588. The van der Waals surface area contributed by atoms with E-state index in [0.717, 1.165) is 0 Å². The van der Waals surface area contributed by atoms with Crippen molar-refractivity contribution in [3.05, 3.63) is 28.1 Å². The summed E-state index contributed by atoms with van der Waals surface area (Å²) in [5.41, 5.74) is -7.38. The van der Waals surface area contributed by atoms with Crippen LogP contribution in [0.4, 0.5) is 26.3 Å².